The van der Waals surface area contributed by atoms with Crippen LogP contribution in [0.2, 0.25) is 5.02 Å². The van der Waals surface area contributed by atoms with Gasteiger partial charge in [0.15, 0.2) is 11.5 Å². The minimum Gasteiger partial charge on any atom is -0.494 e. The van der Waals surface area contributed by atoms with Crippen LogP contribution in [0.15, 0.2) is 60.7 Å². The predicted octanol–water partition coefficient (Wildman–Crippen LogP) is 5.35. The van der Waals surface area contributed by atoms with E-state index in [1.165, 1.54) is 14.2 Å². The molecular weight excluding hydrogens is 640 g/mol. The zero-order valence-electron chi connectivity index (χ0n) is 27.9. The van der Waals surface area contributed by atoms with Gasteiger partial charge in [0.2, 0.25) is 5.91 Å². The van der Waals surface area contributed by atoms with Gasteiger partial charge >= 0.3 is 5.97 Å². The van der Waals surface area contributed by atoms with Gasteiger partial charge in [-0.15, -0.1) is 0 Å². The number of fused-ring (bicyclic) bond motifs is 1. The quantitative estimate of drug-likeness (QED) is 0.161. The van der Waals surface area contributed by atoms with Crippen LogP contribution in [0.1, 0.15) is 61.2 Å². The van der Waals surface area contributed by atoms with Crippen molar-refractivity contribution in [1.29, 1.82) is 0 Å². The van der Waals surface area contributed by atoms with Gasteiger partial charge in [0.05, 0.1) is 39.4 Å². The maximum absolute atomic E-state index is 14.2. The molecule has 0 fully saturated rings. The lowest BCUT2D eigenvalue weighted by molar-refractivity contribution is -0.138. The third-order valence-electron chi connectivity index (χ3n) is 7.78. The number of benzene rings is 3. The molecule has 0 aliphatic carbocycles. The van der Waals surface area contributed by atoms with Gasteiger partial charge in [0.1, 0.15) is 18.0 Å². The Kier molecular flexibility index (Phi) is 12.7. The number of amides is 2. The number of nitrogens with zero attached hydrogens (tertiary/aromatic N) is 1. The first-order valence-corrected chi connectivity index (χ1v) is 16.1. The monoisotopic (exact) mass is 682 g/mol. The number of methoxy groups -OCH3 is 2. The molecule has 0 saturated carbocycles. The zero-order chi connectivity index (χ0) is 34.8. The lowest BCUT2D eigenvalue weighted by Gasteiger charge is -2.32. The number of halogens is 1. The molecule has 1 aliphatic heterocycles. The number of anilines is 1. The van der Waals surface area contributed by atoms with Crippen molar-refractivity contribution in [3.8, 4) is 17.2 Å². The van der Waals surface area contributed by atoms with E-state index in [1.54, 1.807) is 66.4 Å². The average Bonchev–Trinajstić information content (AvgIpc) is 3.18. The molecule has 4 rings (SSSR count). The molecule has 48 heavy (non-hydrogen) atoms. The van der Waals surface area contributed by atoms with E-state index in [4.69, 9.17) is 35.3 Å². The van der Waals surface area contributed by atoms with Crippen molar-refractivity contribution >= 4 is 35.1 Å². The fourth-order valence-corrected chi connectivity index (χ4v) is 5.52. The number of para-hydroxylation sites is 1. The summed E-state index contributed by atoms with van der Waals surface area (Å²) in [6, 6.07) is 17.2. The van der Waals surface area contributed by atoms with Gasteiger partial charge in [-0.25, -0.2) is 4.79 Å². The Morgan fingerprint density at radius 2 is 1.79 bits per heavy atom. The summed E-state index contributed by atoms with van der Waals surface area (Å²) in [5.74, 6) is 0.276. The van der Waals surface area contributed by atoms with Crippen LogP contribution in [-0.4, -0.2) is 76.1 Å². The van der Waals surface area contributed by atoms with Crippen LogP contribution in [0.4, 0.5) is 5.69 Å². The maximum atomic E-state index is 14.2. The van der Waals surface area contributed by atoms with Crippen LogP contribution < -0.4 is 24.4 Å². The molecular formula is C36H43ClN2O9. The molecule has 258 valence electrons. The molecule has 11 nitrogen and oxygen atoms in total. The molecule has 0 saturated heterocycles. The Hall–Kier alpha value is -4.32. The molecule has 1 aliphatic rings. The Labute approximate surface area is 286 Å². The third-order valence-corrected chi connectivity index (χ3v) is 8.02. The van der Waals surface area contributed by atoms with Crippen molar-refractivity contribution in [3.63, 3.8) is 0 Å². The molecule has 3 aromatic carbocycles. The summed E-state index contributed by atoms with van der Waals surface area (Å²) in [6.45, 7) is 6.35. The highest BCUT2D eigenvalue weighted by atomic mass is 35.5. The average molecular weight is 683 g/mol. The molecule has 3 aromatic rings. The highest BCUT2D eigenvalue weighted by molar-refractivity contribution is 6.30. The van der Waals surface area contributed by atoms with Gasteiger partial charge < -0.3 is 39.0 Å². The largest absolute Gasteiger partial charge is 0.494 e. The van der Waals surface area contributed by atoms with Crippen molar-refractivity contribution in [2.24, 2.45) is 5.41 Å². The van der Waals surface area contributed by atoms with E-state index in [1.807, 2.05) is 19.9 Å². The first-order chi connectivity index (χ1) is 23.0. The Morgan fingerprint density at radius 3 is 2.46 bits per heavy atom. The van der Waals surface area contributed by atoms with Gasteiger partial charge in [-0.05, 0) is 61.9 Å². The van der Waals surface area contributed by atoms with Crippen LogP contribution in [0.5, 0.6) is 17.2 Å². The van der Waals surface area contributed by atoms with Crippen LogP contribution >= 0.6 is 11.6 Å². The standard InChI is InChI=1S/C36H43ClN2O9/c1-6-46-35(43)23-11-14-25(15-12-23)47-18-8-17-38-31(41)20-30-34(42)39(21-36(2,3)22-40)28-16-13-24(37)19-27(28)32(48-30)26-9-7-10-29(44-4)33(26)45-5/h7,9-16,19,30,32,40H,6,8,17-18,20-22H2,1-5H3,(H,38,41)/t30-,32-/m1/s1. The van der Waals surface area contributed by atoms with Gasteiger partial charge in [0.25, 0.3) is 5.91 Å². The second-order valence-electron chi connectivity index (χ2n) is 12.0. The first-order valence-electron chi connectivity index (χ1n) is 15.8. The number of esters is 1. The van der Waals surface area contributed by atoms with Crippen LogP contribution in [0.3, 0.4) is 0 Å². The minimum absolute atomic E-state index is 0.165. The number of carbonyl (C=O) groups excluding carboxylic acids is 3. The van der Waals surface area contributed by atoms with E-state index in [9.17, 15) is 19.5 Å². The Balaban J connectivity index is 1.52. The lowest BCUT2D eigenvalue weighted by atomic mass is 9.92. The van der Waals surface area contributed by atoms with Crippen molar-refractivity contribution in [2.75, 3.05) is 52.0 Å². The van der Waals surface area contributed by atoms with E-state index < -0.39 is 29.5 Å². The molecule has 2 N–H and O–H groups in total. The molecule has 2 atom stereocenters. The maximum Gasteiger partial charge on any atom is 0.338 e. The van der Waals surface area contributed by atoms with Crippen molar-refractivity contribution in [3.05, 3.63) is 82.4 Å². The Morgan fingerprint density at radius 1 is 1.04 bits per heavy atom. The van der Waals surface area contributed by atoms with Gasteiger partial charge in [-0.2, -0.15) is 0 Å². The molecule has 0 aromatic heterocycles. The third kappa shape index (κ3) is 8.97. The van der Waals surface area contributed by atoms with Crippen LogP contribution in [0, 0.1) is 5.41 Å². The fraction of sp³-hybridized carbons (Fsp3) is 0.417. The number of hydrogen-bond donors (Lipinski definition) is 2. The molecule has 0 bridgehead atoms. The number of rotatable bonds is 15. The number of aliphatic hydroxyl groups is 1. The smallest absolute Gasteiger partial charge is 0.338 e. The summed E-state index contributed by atoms with van der Waals surface area (Å²) in [7, 11) is 3.05. The van der Waals surface area contributed by atoms with Crippen molar-refractivity contribution in [1.82, 2.24) is 5.32 Å². The summed E-state index contributed by atoms with van der Waals surface area (Å²) >= 11 is 6.49. The second-order valence-corrected chi connectivity index (χ2v) is 12.5. The molecule has 12 heteroatoms. The van der Waals surface area contributed by atoms with Crippen LogP contribution in [-0.2, 0) is 19.1 Å². The van der Waals surface area contributed by atoms with Crippen molar-refractivity contribution < 1.29 is 43.2 Å². The predicted molar refractivity (Wildman–Crippen MR) is 181 cm³/mol. The summed E-state index contributed by atoms with van der Waals surface area (Å²) in [5, 5.41) is 13.4. The number of aliphatic hydroxyl groups excluding tert-OH is 1. The SMILES string of the molecule is CCOC(=O)c1ccc(OCCCNC(=O)C[C@H]2O[C@H](c3cccc(OC)c3OC)c3cc(Cl)ccc3N(CC(C)(C)CO)C2=O)cc1. The van der Waals surface area contributed by atoms with Gasteiger partial charge in [-0.1, -0.05) is 37.6 Å². The lowest BCUT2D eigenvalue weighted by Crippen LogP contribution is -2.46. The highest BCUT2D eigenvalue weighted by Crippen LogP contribution is 2.45. The number of carbonyl (C=O) groups is 3. The first kappa shape index (κ1) is 36.5. The summed E-state index contributed by atoms with van der Waals surface area (Å²) in [5.41, 5.74) is 1.52. The van der Waals surface area contributed by atoms with E-state index >= 15 is 0 Å². The highest BCUT2D eigenvalue weighted by Gasteiger charge is 2.40. The topological polar surface area (TPSA) is 133 Å². The molecule has 2 amide bonds. The Bertz CT molecular complexity index is 1580. The van der Waals surface area contributed by atoms with E-state index in [-0.39, 0.29) is 25.5 Å². The fourth-order valence-electron chi connectivity index (χ4n) is 5.34. The van der Waals surface area contributed by atoms with E-state index in [0.29, 0.717) is 70.8 Å². The van der Waals surface area contributed by atoms with Crippen LogP contribution in [0.25, 0.3) is 0 Å². The zero-order valence-corrected chi connectivity index (χ0v) is 28.7. The molecule has 0 unspecified atom stereocenters. The second kappa shape index (κ2) is 16.7. The molecule has 0 radical (unpaired) electrons. The summed E-state index contributed by atoms with van der Waals surface area (Å²) in [4.78, 5) is 40.9. The summed E-state index contributed by atoms with van der Waals surface area (Å²) < 4.78 is 28.5. The molecule has 0 spiro atoms. The number of hydrogen-bond acceptors (Lipinski definition) is 9. The normalized spacial score (nSPS) is 16.1. The van der Waals surface area contributed by atoms with Crippen molar-refractivity contribution in [2.45, 2.75) is 45.8 Å². The van der Waals surface area contributed by atoms with E-state index in [2.05, 4.69) is 5.32 Å². The molecule has 1 heterocycles. The number of ether oxygens (including phenoxy) is 5. The van der Waals surface area contributed by atoms with E-state index in [0.717, 1.165) is 0 Å². The van der Waals surface area contributed by atoms with Gasteiger partial charge in [-0.3, -0.25) is 9.59 Å². The minimum atomic E-state index is -1.18. The summed E-state index contributed by atoms with van der Waals surface area (Å²) in [6.07, 6.45) is -1.79. The number of nitrogens with one attached hydrogen (secondary N) is 1. The van der Waals surface area contributed by atoms with Gasteiger partial charge in [0, 0.05) is 46.9 Å².